The quantitative estimate of drug-likeness (QED) is 0.163. The summed E-state index contributed by atoms with van der Waals surface area (Å²) in [5, 5.41) is 2.48. The van der Waals surface area contributed by atoms with Gasteiger partial charge in [-0.3, -0.25) is 0 Å². The fourth-order valence-corrected chi connectivity index (χ4v) is 10.9. The number of benzene rings is 10. The monoisotopic (exact) mass is 800 g/mol. The van der Waals surface area contributed by atoms with E-state index in [-0.39, 0.29) is 5.41 Å². The first-order valence-corrected chi connectivity index (χ1v) is 21.8. The van der Waals surface area contributed by atoms with Gasteiger partial charge in [-0.05, 0) is 127 Å². The zero-order valence-corrected chi connectivity index (χ0v) is 34.5. The van der Waals surface area contributed by atoms with Gasteiger partial charge in [-0.1, -0.05) is 182 Å². The summed E-state index contributed by atoms with van der Waals surface area (Å²) in [5.41, 5.74) is 21.9. The van der Waals surface area contributed by atoms with Gasteiger partial charge in [0.1, 0.15) is 0 Å². The van der Waals surface area contributed by atoms with Crippen molar-refractivity contribution in [3.63, 3.8) is 0 Å². The van der Waals surface area contributed by atoms with Gasteiger partial charge in [0.2, 0.25) is 0 Å². The van der Waals surface area contributed by atoms with Gasteiger partial charge >= 0.3 is 0 Å². The van der Waals surface area contributed by atoms with Gasteiger partial charge < -0.3 is 9.47 Å². The molecule has 13 rings (SSSR count). The number of hydrogen-bond donors (Lipinski definition) is 0. The Morgan fingerprint density at radius 2 is 0.778 bits per heavy atom. The van der Waals surface area contributed by atoms with E-state index in [0.717, 1.165) is 22.7 Å². The summed E-state index contributed by atoms with van der Waals surface area (Å²) in [4.78, 5) is 2.41. The van der Waals surface area contributed by atoms with E-state index in [1.165, 1.54) is 88.6 Å². The molecule has 0 amide bonds. The third kappa shape index (κ3) is 5.25. The van der Waals surface area contributed by atoms with Gasteiger partial charge in [0.05, 0.1) is 16.4 Å². The van der Waals surface area contributed by atoms with Crippen molar-refractivity contribution in [2.24, 2.45) is 0 Å². The molecular weight excluding hydrogens is 761 g/mol. The Labute approximate surface area is 367 Å². The van der Waals surface area contributed by atoms with Crippen molar-refractivity contribution < 1.29 is 0 Å². The second-order valence-corrected chi connectivity index (χ2v) is 16.8. The summed E-state index contributed by atoms with van der Waals surface area (Å²) < 4.78 is 2.40. The van der Waals surface area contributed by atoms with Crippen molar-refractivity contribution in [3.8, 4) is 50.2 Å². The Morgan fingerprint density at radius 3 is 1.48 bits per heavy atom. The molecule has 2 nitrogen and oxygen atoms in total. The number of anilines is 3. The standard InChI is InChI=1S/C61H40N2/c1-3-16-41(17-4-1)43-18-15-21-47(38-43)62(48-35-37-54-53-25-10-14-29-59(53)63(60(54)40-48)45-19-5-2-6-20-45)46-33-30-42(31-34-46)44-32-36-52-51-24-9-13-28-57(51)61(58(52)39-44)55-26-11-7-22-49(55)50-23-8-12-27-56(50)61/h1-40H. The SMILES string of the molecule is c1ccc(-c2cccc(N(c3ccc(-c4ccc5c(c4)C4(c6ccccc6-c6ccccc64)c4ccccc4-5)cc3)c3ccc4c5ccccc5n(-c5ccccc5)c4c3)c2)cc1. The van der Waals surface area contributed by atoms with Crippen LogP contribution >= 0.6 is 0 Å². The maximum Gasteiger partial charge on any atom is 0.0725 e. The average molecular weight is 801 g/mol. The molecule has 0 radical (unpaired) electrons. The van der Waals surface area contributed by atoms with Crippen LogP contribution in [0.25, 0.3) is 72.0 Å². The van der Waals surface area contributed by atoms with Gasteiger partial charge in [-0.25, -0.2) is 0 Å². The van der Waals surface area contributed by atoms with Crippen molar-refractivity contribution in [3.05, 3.63) is 265 Å². The zero-order chi connectivity index (χ0) is 41.5. The first-order chi connectivity index (χ1) is 31.3. The number of hydrogen-bond acceptors (Lipinski definition) is 1. The predicted molar refractivity (Wildman–Crippen MR) is 263 cm³/mol. The minimum Gasteiger partial charge on any atom is -0.310 e. The Balaban J connectivity index is 0.971. The average Bonchev–Trinajstić information content (AvgIpc) is 3.96. The van der Waals surface area contributed by atoms with E-state index in [1.807, 2.05) is 0 Å². The molecule has 0 saturated heterocycles. The van der Waals surface area contributed by atoms with Crippen molar-refractivity contribution in [1.82, 2.24) is 4.57 Å². The molecule has 11 aromatic rings. The molecule has 0 atom stereocenters. The molecule has 1 aromatic heterocycles. The molecule has 2 aliphatic rings. The summed E-state index contributed by atoms with van der Waals surface area (Å²) in [7, 11) is 0. The highest BCUT2D eigenvalue weighted by molar-refractivity contribution is 6.10. The lowest BCUT2D eigenvalue weighted by molar-refractivity contribution is 0.794. The topological polar surface area (TPSA) is 8.17 Å². The molecule has 0 unspecified atom stereocenters. The van der Waals surface area contributed by atoms with E-state index in [9.17, 15) is 0 Å². The fraction of sp³-hybridized carbons (Fsp3) is 0.0164. The second kappa shape index (κ2) is 13.9. The summed E-state index contributed by atoms with van der Waals surface area (Å²) in [6.45, 7) is 0. The molecule has 0 aliphatic heterocycles. The lowest BCUT2D eigenvalue weighted by Crippen LogP contribution is -2.25. The Morgan fingerprint density at radius 1 is 0.286 bits per heavy atom. The van der Waals surface area contributed by atoms with Crippen molar-refractivity contribution in [2.75, 3.05) is 4.90 Å². The molecule has 0 fully saturated rings. The lowest BCUT2D eigenvalue weighted by atomic mass is 9.70. The molecule has 0 saturated carbocycles. The Bertz CT molecular complexity index is 3500. The third-order valence-electron chi connectivity index (χ3n) is 13.6. The molecule has 0 N–H and O–H groups in total. The fourth-order valence-electron chi connectivity index (χ4n) is 10.9. The first-order valence-electron chi connectivity index (χ1n) is 21.8. The van der Waals surface area contributed by atoms with Crippen LogP contribution in [0.2, 0.25) is 0 Å². The molecule has 2 aliphatic carbocycles. The number of para-hydroxylation sites is 2. The molecular formula is C61H40N2. The van der Waals surface area contributed by atoms with Crippen LogP contribution in [-0.4, -0.2) is 4.57 Å². The van der Waals surface area contributed by atoms with Crippen LogP contribution in [0, 0.1) is 0 Å². The van der Waals surface area contributed by atoms with Crippen molar-refractivity contribution >= 4 is 38.9 Å². The van der Waals surface area contributed by atoms with Crippen molar-refractivity contribution in [2.45, 2.75) is 5.41 Å². The summed E-state index contributed by atoms with van der Waals surface area (Å²) in [6.07, 6.45) is 0. The predicted octanol–water partition coefficient (Wildman–Crippen LogP) is 15.9. The van der Waals surface area contributed by atoms with Gasteiger partial charge in [0, 0.05) is 33.5 Å². The number of aromatic nitrogens is 1. The van der Waals surface area contributed by atoms with Crippen LogP contribution in [-0.2, 0) is 5.41 Å². The smallest absolute Gasteiger partial charge is 0.0725 e. The van der Waals surface area contributed by atoms with Crippen LogP contribution in [0.3, 0.4) is 0 Å². The number of nitrogens with zero attached hydrogens (tertiary/aromatic N) is 2. The Hall–Kier alpha value is -8.20. The van der Waals surface area contributed by atoms with E-state index in [1.54, 1.807) is 0 Å². The van der Waals surface area contributed by atoms with E-state index >= 15 is 0 Å². The summed E-state index contributed by atoms with van der Waals surface area (Å²) in [5.74, 6) is 0. The minimum atomic E-state index is -0.378. The second-order valence-electron chi connectivity index (χ2n) is 16.8. The van der Waals surface area contributed by atoms with Crippen LogP contribution in [0.5, 0.6) is 0 Å². The van der Waals surface area contributed by atoms with E-state index in [4.69, 9.17) is 0 Å². The number of rotatable bonds is 6. The van der Waals surface area contributed by atoms with Crippen LogP contribution in [0.1, 0.15) is 22.3 Å². The highest BCUT2D eigenvalue weighted by Gasteiger charge is 2.51. The zero-order valence-electron chi connectivity index (χ0n) is 34.5. The van der Waals surface area contributed by atoms with Gasteiger partial charge in [-0.15, -0.1) is 0 Å². The summed E-state index contributed by atoms with van der Waals surface area (Å²) >= 11 is 0. The maximum atomic E-state index is 2.47. The van der Waals surface area contributed by atoms with Gasteiger partial charge in [0.25, 0.3) is 0 Å². The molecule has 63 heavy (non-hydrogen) atoms. The van der Waals surface area contributed by atoms with Gasteiger partial charge in [-0.2, -0.15) is 0 Å². The third-order valence-corrected chi connectivity index (χ3v) is 13.6. The van der Waals surface area contributed by atoms with E-state index in [2.05, 4.69) is 252 Å². The van der Waals surface area contributed by atoms with Crippen molar-refractivity contribution in [1.29, 1.82) is 0 Å². The first kappa shape index (κ1) is 35.5. The molecule has 0 bridgehead atoms. The van der Waals surface area contributed by atoms with E-state index < -0.39 is 0 Å². The summed E-state index contributed by atoms with van der Waals surface area (Å²) in [6, 6.07) is 89.4. The molecule has 10 aromatic carbocycles. The molecule has 1 heterocycles. The Kier molecular flexibility index (Phi) is 7.85. The molecule has 2 heteroatoms. The van der Waals surface area contributed by atoms with Gasteiger partial charge in [0.15, 0.2) is 0 Å². The number of fused-ring (bicyclic) bond motifs is 13. The van der Waals surface area contributed by atoms with E-state index in [0.29, 0.717) is 0 Å². The normalized spacial score (nSPS) is 12.9. The molecule has 294 valence electrons. The highest BCUT2D eigenvalue weighted by Crippen LogP contribution is 2.63. The highest BCUT2D eigenvalue weighted by atomic mass is 15.1. The van der Waals surface area contributed by atoms with Crippen LogP contribution < -0.4 is 4.90 Å². The molecule has 1 spiro atoms. The largest absolute Gasteiger partial charge is 0.310 e. The minimum absolute atomic E-state index is 0.378. The van der Waals surface area contributed by atoms with Crippen LogP contribution in [0.15, 0.2) is 243 Å². The maximum absolute atomic E-state index is 2.47. The lowest BCUT2D eigenvalue weighted by Gasteiger charge is -2.30. The van der Waals surface area contributed by atoms with Crippen LogP contribution in [0.4, 0.5) is 17.1 Å².